The number of nitrogens with one attached hydrogen (secondary N) is 1. The fourth-order valence-electron chi connectivity index (χ4n) is 2.84. The highest BCUT2D eigenvalue weighted by atomic mass is 15.3. The predicted molar refractivity (Wildman–Crippen MR) is 90.7 cm³/mol. The van der Waals surface area contributed by atoms with Crippen molar-refractivity contribution in [2.24, 2.45) is 0 Å². The molecule has 0 aliphatic carbocycles. The Hall–Kier alpha value is -1.41. The lowest BCUT2D eigenvalue weighted by Gasteiger charge is -2.33. The van der Waals surface area contributed by atoms with Gasteiger partial charge >= 0.3 is 0 Å². The van der Waals surface area contributed by atoms with E-state index in [9.17, 15) is 0 Å². The first-order valence-electron chi connectivity index (χ1n) is 8.46. The number of hydrogen-bond acceptors (Lipinski definition) is 4. The minimum absolute atomic E-state index is 0.729. The molecule has 4 nitrogen and oxygen atoms in total. The molecule has 1 saturated heterocycles. The van der Waals surface area contributed by atoms with Crippen molar-refractivity contribution in [3.63, 3.8) is 0 Å². The highest BCUT2D eigenvalue weighted by Gasteiger charge is 2.14. The van der Waals surface area contributed by atoms with E-state index in [2.05, 4.69) is 28.1 Å². The first-order chi connectivity index (χ1) is 10.8. The maximum atomic E-state index is 8.77. The lowest BCUT2D eigenvalue weighted by molar-refractivity contribution is 0.135. The van der Waals surface area contributed by atoms with Gasteiger partial charge in [-0.05, 0) is 50.2 Å². The van der Waals surface area contributed by atoms with Gasteiger partial charge in [-0.1, -0.05) is 19.1 Å². The number of rotatable bonds is 8. The van der Waals surface area contributed by atoms with Crippen LogP contribution in [0.3, 0.4) is 0 Å². The van der Waals surface area contributed by atoms with Crippen LogP contribution in [0.1, 0.15) is 30.9 Å². The Kier molecular flexibility index (Phi) is 7.38. The lowest BCUT2D eigenvalue weighted by Crippen LogP contribution is -2.46. The second-order valence-corrected chi connectivity index (χ2v) is 5.97. The van der Waals surface area contributed by atoms with Crippen molar-refractivity contribution in [1.82, 2.24) is 15.1 Å². The van der Waals surface area contributed by atoms with E-state index in [1.54, 1.807) is 0 Å². The number of piperazine rings is 1. The summed E-state index contributed by atoms with van der Waals surface area (Å²) < 4.78 is 0. The molecule has 1 fully saturated rings. The molecule has 4 heteroatoms. The molecule has 1 aromatic carbocycles. The van der Waals surface area contributed by atoms with Crippen LogP contribution in [0, 0.1) is 11.3 Å². The average Bonchev–Trinajstić information content (AvgIpc) is 2.59. The molecule has 1 aliphatic heterocycles. The summed E-state index contributed by atoms with van der Waals surface area (Å²) >= 11 is 0. The molecule has 1 aliphatic rings. The summed E-state index contributed by atoms with van der Waals surface area (Å²) in [6.45, 7) is 11.5. The van der Waals surface area contributed by atoms with Crippen LogP contribution in [0.25, 0.3) is 0 Å². The van der Waals surface area contributed by atoms with Gasteiger partial charge in [-0.2, -0.15) is 5.26 Å². The van der Waals surface area contributed by atoms with Crippen LogP contribution in [0.4, 0.5) is 0 Å². The van der Waals surface area contributed by atoms with Crippen molar-refractivity contribution in [3.8, 4) is 6.07 Å². The normalized spacial score (nSPS) is 16.5. The molecule has 0 aromatic heterocycles. The zero-order valence-electron chi connectivity index (χ0n) is 13.7. The highest BCUT2D eigenvalue weighted by molar-refractivity contribution is 5.31. The maximum absolute atomic E-state index is 8.77. The van der Waals surface area contributed by atoms with Gasteiger partial charge in [0, 0.05) is 32.7 Å². The van der Waals surface area contributed by atoms with Crippen molar-refractivity contribution in [2.45, 2.75) is 26.3 Å². The maximum Gasteiger partial charge on any atom is 0.0991 e. The fourth-order valence-corrected chi connectivity index (χ4v) is 2.84. The third-order valence-electron chi connectivity index (χ3n) is 4.40. The molecule has 1 N–H and O–H groups in total. The van der Waals surface area contributed by atoms with Crippen LogP contribution in [-0.4, -0.2) is 55.6 Å². The van der Waals surface area contributed by atoms with Gasteiger partial charge in [-0.15, -0.1) is 0 Å². The first-order valence-corrected chi connectivity index (χ1v) is 8.46. The molecule has 2 rings (SSSR count). The molecule has 0 saturated carbocycles. The molecule has 1 aromatic rings. The molecule has 0 radical (unpaired) electrons. The molecule has 0 unspecified atom stereocenters. The minimum atomic E-state index is 0.729. The molecule has 0 bridgehead atoms. The number of benzene rings is 1. The average molecular weight is 300 g/mol. The number of nitrogens with zero attached hydrogens (tertiary/aromatic N) is 3. The summed E-state index contributed by atoms with van der Waals surface area (Å²) in [6.07, 6.45) is 2.50. The quantitative estimate of drug-likeness (QED) is 0.746. The highest BCUT2D eigenvalue weighted by Crippen LogP contribution is 2.04. The molecular formula is C18H28N4. The van der Waals surface area contributed by atoms with E-state index < -0.39 is 0 Å². The number of unbranched alkanes of at least 4 members (excludes halogenated alkanes) is 1. The van der Waals surface area contributed by atoms with Gasteiger partial charge in [0.25, 0.3) is 0 Å². The third-order valence-corrected chi connectivity index (χ3v) is 4.40. The van der Waals surface area contributed by atoms with E-state index >= 15 is 0 Å². The summed E-state index contributed by atoms with van der Waals surface area (Å²) in [5.74, 6) is 0. The van der Waals surface area contributed by atoms with Crippen molar-refractivity contribution in [3.05, 3.63) is 35.4 Å². The minimum Gasteiger partial charge on any atom is -0.313 e. The van der Waals surface area contributed by atoms with Crippen LogP contribution in [0.2, 0.25) is 0 Å². The standard InChI is InChI=1S/C18H28N4/c1-2-21-11-13-22(14-12-21)10-4-3-9-20-16-18-7-5-17(15-19)6-8-18/h5-8,20H,2-4,9-14,16H2,1H3. The van der Waals surface area contributed by atoms with E-state index in [0.29, 0.717) is 0 Å². The monoisotopic (exact) mass is 300 g/mol. The lowest BCUT2D eigenvalue weighted by atomic mass is 10.1. The molecule has 1 heterocycles. The van der Waals surface area contributed by atoms with E-state index in [1.165, 1.54) is 57.7 Å². The van der Waals surface area contributed by atoms with Gasteiger partial charge in [-0.25, -0.2) is 0 Å². The molecule has 22 heavy (non-hydrogen) atoms. The van der Waals surface area contributed by atoms with Crippen LogP contribution in [0.15, 0.2) is 24.3 Å². The van der Waals surface area contributed by atoms with Crippen LogP contribution in [0.5, 0.6) is 0 Å². The number of nitriles is 1. The molecule has 0 spiro atoms. The van der Waals surface area contributed by atoms with Gasteiger partial charge in [0.1, 0.15) is 0 Å². The molecule has 0 atom stereocenters. The largest absolute Gasteiger partial charge is 0.313 e. The van der Waals surface area contributed by atoms with Gasteiger partial charge in [0.05, 0.1) is 11.6 Å². The summed E-state index contributed by atoms with van der Waals surface area (Å²) in [5, 5.41) is 12.2. The SMILES string of the molecule is CCN1CCN(CCCCNCc2ccc(C#N)cc2)CC1. The second-order valence-electron chi connectivity index (χ2n) is 5.97. The van der Waals surface area contributed by atoms with Gasteiger partial charge in [0.2, 0.25) is 0 Å². The van der Waals surface area contributed by atoms with Crippen LogP contribution in [-0.2, 0) is 6.54 Å². The summed E-state index contributed by atoms with van der Waals surface area (Å²) in [6, 6.07) is 9.96. The summed E-state index contributed by atoms with van der Waals surface area (Å²) in [7, 11) is 0. The van der Waals surface area contributed by atoms with Crippen molar-refractivity contribution in [2.75, 3.05) is 45.8 Å². The third kappa shape index (κ3) is 5.76. The number of likely N-dealkylation sites (N-methyl/N-ethyl adjacent to an activating group) is 1. The Balaban J connectivity index is 1.50. The summed E-state index contributed by atoms with van der Waals surface area (Å²) in [4.78, 5) is 5.11. The molecule has 120 valence electrons. The van der Waals surface area contributed by atoms with Gasteiger partial charge < -0.3 is 15.1 Å². The van der Waals surface area contributed by atoms with Crippen LogP contribution < -0.4 is 5.32 Å². The zero-order valence-corrected chi connectivity index (χ0v) is 13.7. The summed E-state index contributed by atoms with van der Waals surface area (Å²) in [5.41, 5.74) is 1.97. The fraction of sp³-hybridized carbons (Fsp3) is 0.611. The van der Waals surface area contributed by atoms with Gasteiger partial charge in [-0.3, -0.25) is 0 Å². The second kappa shape index (κ2) is 9.58. The first kappa shape index (κ1) is 17.0. The predicted octanol–water partition coefficient (Wildman–Crippen LogP) is 2.07. The van der Waals surface area contributed by atoms with Crippen molar-refractivity contribution < 1.29 is 0 Å². The Bertz CT molecular complexity index is 455. The Labute approximate surface area is 134 Å². The number of hydrogen-bond donors (Lipinski definition) is 1. The molecular weight excluding hydrogens is 272 g/mol. The van der Waals surface area contributed by atoms with Gasteiger partial charge in [0.15, 0.2) is 0 Å². The zero-order chi connectivity index (χ0) is 15.6. The Morgan fingerprint density at radius 2 is 1.73 bits per heavy atom. The van der Waals surface area contributed by atoms with Crippen molar-refractivity contribution in [1.29, 1.82) is 5.26 Å². The van der Waals surface area contributed by atoms with Crippen LogP contribution >= 0.6 is 0 Å². The van der Waals surface area contributed by atoms with Crippen molar-refractivity contribution >= 4 is 0 Å². The van der Waals surface area contributed by atoms with E-state index in [1.807, 2.05) is 24.3 Å². The van der Waals surface area contributed by atoms with E-state index in [0.717, 1.165) is 18.7 Å². The van der Waals surface area contributed by atoms with E-state index in [-0.39, 0.29) is 0 Å². The smallest absolute Gasteiger partial charge is 0.0991 e. The van der Waals surface area contributed by atoms with E-state index in [4.69, 9.17) is 5.26 Å². The molecule has 0 amide bonds. The Morgan fingerprint density at radius 1 is 1.05 bits per heavy atom. The Morgan fingerprint density at radius 3 is 2.36 bits per heavy atom. The topological polar surface area (TPSA) is 42.3 Å².